The predicted octanol–water partition coefficient (Wildman–Crippen LogP) is 4.19. The first-order chi connectivity index (χ1) is 10.2. The fourth-order valence-electron chi connectivity index (χ4n) is 2.08. The van der Waals surface area contributed by atoms with Gasteiger partial charge in [-0.05, 0) is 41.8 Å². The number of benzene rings is 2. The van der Waals surface area contributed by atoms with Gasteiger partial charge in [-0.2, -0.15) is 0 Å². The van der Waals surface area contributed by atoms with Gasteiger partial charge in [0.05, 0.1) is 19.8 Å². The molecule has 0 saturated heterocycles. The van der Waals surface area contributed by atoms with Gasteiger partial charge >= 0.3 is 0 Å². The van der Waals surface area contributed by atoms with E-state index in [2.05, 4.69) is 6.92 Å². The van der Waals surface area contributed by atoms with Gasteiger partial charge in [0, 0.05) is 5.02 Å². The summed E-state index contributed by atoms with van der Waals surface area (Å²) in [5.41, 5.74) is 8.16. The van der Waals surface area contributed by atoms with E-state index in [1.165, 1.54) is 0 Å². The molecule has 2 aromatic rings. The van der Waals surface area contributed by atoms with Crippen LogP contribution in [0.2, 0.25) is 5.02 Å². The predicted molar refractivity (Wildman–Crippen MR) is 86.3 cm³/mol. The lowest BCUT2D eigenvalue weighted by molar-refractivity contribution is 0.317. The number of methoxy groups -OCH3 is 1. The van der Waals surface area contributed by atoms with Crippen LogP contribution in [-0.4, -0.2) is 13.7 Å². The van der Waals surface area contributed by atoms with Crippen molar-refractivity contribution in [1.82, 2.24) is 0 Å². The highest BCUT2D eigenvalue weighted by Gasteiger charge is 2.14. The Kier molecular flexibility index (Phi) is 5.48. The highest BCUT2D eigenvalue weighted by Crippen LogP contribution is 2.30. The van der Waals surface area contributed by atoms with E-state index in [1.54, 1.807) is 13.2 Å². The van der Waals surface area contributed by atoms with Crippen LogP contribution in [0.1, 0.15) is 30.5 Å². The van der Waals surface area contributed by atoms with Crippen LogP contribution in [0.4, 0.5) is 0 Å². The molecule has 0 amide bonds. The Morgan fingerprint density at radius 1 is 1.14 bits per heavy atom. The molecule has 1 unspecified atom stereocenters. The third kappa shape index (κ3) is 3.90. The van der Waals surface area contributed by atoms with E-state index in [0.29, 0.717) is 11.6 Å². The minimum absolute atomic E-state index is 0.298. The summed E-state index contributed by atoms with van der Waals surface area (Å²) in [4.78, 5) is 0. The van der Waals surface area contributed by atoms with Gasteiger partial charge in [-0.25, -0.2) is 0 Å². The van der Waals surface area contributed by atoms with Gasteiger partial charge in [-0.1, -0.05) is 36.7 Å². The van der Waals surface area contributed by atoms with Crippen LogP contribution in [0.5, 0.6) is 11.5 Å². The second-order valence-corrected chi connectivity index (χ2v) is 5.19. The molecule has 0 aliphatic rings. The SMILES string of the molecule is CCCOc1cccc(C(N)c2ccc(OC)cc2Cl)c1. The molecule has 112 valence electrons. The Morgan fingerprint density at radius 2 is 1.95 bits per heavy atom. The molecule has 21 heavy (non-hydrogen) atoms. The maximum Gasteiger partial charge on any atom is 0.120 e. The Bertz CT molecular complexity index is 601. The zero-order chi connectivity index (χ0) is 15.2. The smallest absolute Gasteiger partial charge is 0.120 e. The van der Waals surface area contributed by atoms with E-state index < -0.39 is 0 Å². The molecule has 3 nitrogen and oxygen atoms in total. The summed E-state index contributed by atoms with van der Waals surface area (Å²) in [5.74, 6) is 1.55. The lowest BCUT2D eigenvalue weighted by Gasteiger charge is -2.16. The van der Waals surface area contributed by atoms with Crippen LogP contribution in [0.15, 0.2) is 42.5 Å². The molecule has 1 atom stereocenters. The molecular weight excluding hydrogens is 286 g/mol. The minimum Gasteiger partial charge on any atom is -0.497 e. The van der Waals surface area contributed by atoms with Crippen molar-refractivity contribution in [3.63, 3.8) is 0 Å². The second-order valence-electron chi connectivity index (χ2n) is 4.79. The summed E-state index contributed by atoms with van der Waals surface area (Å²) in [6.07, 6.45) is 0.973. The lowest BCUT2D eigenvalue weighted by atomic mass is 9.99. The number of nitrogens with two attached hydrogens (primary N) is 1. The summed E-state index contributed by atoms with van der Waals surface area (Å²) < 4.78 is 10.8. The lowest BCUT2D eigenvalue weighted by Crippen LogP contribution is -2.12. The average molecular weight is 306 g/mol. The largest absolute Gasteiger partial charge is 0.497 e. The van der Waals surface area contributed by atoms with Gasteiger partial charge in [-0.15, -0.1) is 0 Å². The average Bonchev–Trinajstić information content (AvgIpc) is 2.52. The molecule has 2 N–H and O–H groups in total. The van der Waals surface area contributed by atoms with Gasteiger partial charge in [0.15, 0.2) is 0 Å². The van der Waals surface area contributed by atoms with Crippen molar-refractivity contribution < 1.29 is 9.47 Å². The van der Waals surface area contributed by atoms with Crippen molar-refractivity contribution >= 4 is 11.6 Å². The summed E-state index contributed by atoms with van der Waals surface area (Å²) in [5, 5.41) is 0.599. The Balaban J connectivity index is 2.25. The molecule has 0 heterocycles. The van der Waals surface area contributed by atoms with E-state index >= 15 is 0 Å². The van der Waals surface area contributed by atoms with E-state index in [-0.39, 0.29) is 6.04 Å². The van der Waals surface area contributed by atoms with Crippen molar-refractivity contribution in [3.8, 4) is 11.5 Å². The molecule has 0 bridgehead atoms. The first kappa shape index (κ1) is 15.7. The quantitative estimate of drug-likeness (QED) is 0.870. The zero-order valence-electron chi connectivity index (χ0n) is 12.3. The first-order valence-corrected chi connectivity index (χ1v) is 7.35. The van der Waals surface area contributed by atoms with Gasteiger partial charge in [0.2, 0.25) is 0 Å². The molecule has 0 aliphatic carbocycles. The van der Waals surface area contributed by atoms with Crippen LogP contribution in [-0.2, 0) is 0 Å². The van der Waals surface area contributed by atoms with Gasteiger partial charge in [-0.3, -0.25) is 0 Å². The van der Waals surface area contributed by atoms with Crippen molar-refractivity contribution in [1.29, 1.82) is 0 Å². The fraction of sp³-hybridized carbons (Fsp3) is 0.294. The summed E-state index contributed by atoms with van der Waals surface area (Å²) in [6.45, 7) is 2.77. The Hall–Kier alpha value is -1.71. The van der Waals surface area contributed by atoms with Crippen LogP contribution >= 0.6 is 11.6 Å². The third-order valence-corrected chi connectivity index (χ3v) is 3.56. The topological polar surface area (TPSA) is 44.5 Å². The Morgan fingerprint density at radius 3 is 2.62 bits per heavy atom. The van der Waals surface area contributed by atoms with Crippen molar-refractivity contribution in [2.45, 2.75) is 19.4 Å². The molecule has 0 saturated carbocycles. The van der Waals surface area contributed by atoms with E-state index in [1.807, 2.05) is 36.4 Å². The van der Waals surface area contributed by atoms with Crippen LogP contribution in [0, 0.1) is 0 Å². The zero-order valence-corrected chi connectivity index (χ0v) is 13.1. The molecule has 0 spiro atoms. The van der Waals surface area contributed by atoms with Crippen molar-refractivity contribution in [2.24, 2.45) is 5.73 Å². The van der Waals surface area contributed by atoms with E-state index in [9.17, 15) is 0 Å². The summed E-state index contributed by atoms with van der Waals surface area (Å²) in [6, 6.07) is 13.0. The van der Waals surface area contributed by atoms with Crippen molar-refractivity contribution in [3.05, 3.63) is 58.6 Å². The van der Waals surface area contributed by atoms with Crippen LogP contribution in [0.3, 0.4) is 0 Å². The van der Waals surface area contributed by atoms with Crippen molar-refractivity contribution in [2.75, 3.05) is 13.7 Å². The van der Waals surface area contributed by atoms with Gasteiger partial charge in [0.1, 0.15) is 11.5 Å². The fourth-order valence-corrected chi connectivity index (χ4v) is 2.37. The second kappa shape index (κ2) is 7.34. The molecule has 4 heteroatoms. The molecule has 2 aromatic carbocycles. The number of hydrogen-bond acceptors (Lipinski definition) is 3. The highest BCUT2D eigenvalue weighted by molar-refractivity contribution is 6.31. The number of ether oxygens (including phenoxy) is 2. The maximum absolute atomic E-state index is 6.33. The molecular formula is C17H20ClNO2. The molecule has 0 aliphatic heterocycles. The third-order valence-electron chi connectivity index (χ3n) is 3.23. The first-order valence-electron chi connectivity index (χ1n) is 6.97. The number of rotatable bonds is 6. The molecule has 0 aromatic heterocycles. The van der Waals surface area contributed by atoms with Crippen LogP contribution in [0.25, 0.3) is 0 Å². The number of hydrogen-bond donors (Lipinski definition) is 1. The molecule has 0 radical (unpaired) electrons. The standard InChI is InChI=1S/C17H20ClNO2/c1-3-9-21-14-6-4-5-12(10-14)17(19)15-8-7-13(20-2)11-16(15)18/h4-8,10-11,17H,3,9,19H2,1-2H3. The monoisotopic (exact) mass is 305 g/mol. The summed E-state index contributed by atoms with van der Waals surface area (Å²) >= 11 is 6.29. The van der Waals surface area contributed by atoms with Gasteiger partial charge < -0.3 is 15.2 Å². The Labute approximate surface area is 130 Å². The maximum atomic E-state index is 6.33. The summed E-state index contributed by atoms with van der Waals surface area (Å²) in [7, 11) is 1.61. The highest BCUT2D eigenvalue weighted by atomic mass is 35.5. The minimum atomic E-state index is -0.298. The van der Waals surface area contributed by atoms with Gasteiger partial charge in [0.25, 0.3) is 0 Å². The normalized spacial score (nSPS) is 12.0. The van der Waals surface area contributed by atoms with E-state index in [0.717, 1.165) is 29.0 Å². The number of halogens is 1. The van der Waals surface area contributed by atoms with Crippen LogP contribution < -0.4 is 15.2 Å². The van der Waals surface area contributed by atoms with E-state index in [4.69, 9.17) is 26.8 Å². The molecule has 0 fully saturated rings. The molecule has 2 rings (SSSR count).